The first-order chi connectivity index (χ1) is 15.2. The second-order valence-corrected chi connectivity index (χ2v) is 8.98. The molecule has 31 heavy (non-hydrogen) atoms. The molecule has 3 nitrogen and oxygen atoms in total. The Morgan fingerprint density at radius 3 is 1.71 bits per heavy atom. The highest BCUT2D eigenvalue weighted by molar-refractivity contribution is 5.78. The Hall–Kier alpha value is -3.07. The highest BCUT2D eigenvalue weighted by atomic mass is 16.5. The zero-order chi connectivity index (χ0) is 21.2. The van der Waals surface area contributed by atoms with E-state index in [0.717, 1.165) is 18.9 Å². The molecule has 3 aromatic carbocycles. The maximum atomic E-state index is 6.25. The monoisotopic (exact) mass is 410 g/mol. The number of nitrogens with zero attached hydrogens (tertiary/aromatic N) is 2. The summed E-state index contributed by atoms with van der Waals surface area (Å²) >= 11 is 0. The van der Waals surface area contributed by atoms with Crippen molar-refractivity contribution >= 4 is 6.02 Å². The lowest BCUT2D eigenvalue weighted by molar-refractivity contribution is 0.187. The fraction of sp³-hybridized carbons (Fsp3) is 0.321. The third kappa shape index (κ3) is 3.97. The first-order valence-electron chi connectivity index (χ1n) is 11.4. The van der Waals surface area contributed by atoms with E-state index in [9.17, 15) is 0 Å². The van der Waals surface area contributed by atoms with E-state index in [0.29, 0.717) is 12.5 Å². The van der Waals surface area contributed by atoms with Crippen LogP contribution in [0.2, 0.25) is 0 Å². The van der Waals surface area contributed by atoms with Crippen LogP contribution >= 0.6 is 0 Å². The minimum Gasteiger partial charge on any atom is -0.463 e. The fourth-order valence-corrected chi connectivity index (χ4v) is 4.85. The largest absolute Gasteiger partial charge is 0.463 e. The van der Waals surface area contributed by atoms with E-state index in [1.54, 1.807) is 0 Å². The lowest BCUT2D eigenvalue weighted by Crippen LogP contribution is -2.35. The SMILES string of the molecule is CC(C)[C@H]1COC(N2[C@H](Cc3ccccc3)c3ccccc3[C@@H]2Cc2ccccc2)=N1. The van der Waals surface area contributed by atoms with Crippen molar-refractivity contribution in [3.05, 3.63) is 107 Å². The third-order valence-corrected chi connectivity index (χ3v) is 6.58. The number of rotatable bonds is 5. The summed E-state index contributed by atoms with van der Waals surface area (Å²) in [6.45, 7) is 5.13. The molecule has 2 aliphatic rings. The molecule has 0 aromatic heterocycles. The Balaban J connectivity index is 1.57. The summed E-state index contributed by atoms with van der Waals surface area (Å²) in [5.41, 5.74) is 5.47. The number of fused-ring (bicyclic) bond motifs is 1. The van der Waals surface area contributed by atoms with Gasteiger partial charge in [0.1, 0.15) is 6.61 Å². The van der Waals surface area contributed by atoms with Crippen LogP contribution in [-0.4, -0.2) is 23.6 Å². The van der Waals surface area contributed by atoms with Crippen LogP contribution in [0.25, 0.3) is 0 Å². The number of ether oxygens (including phenoxy) is 1. The molecule has 158 valence electrons. The van der Waals surface area contributed by atoms with E-state index in [2.05, 4.69) is 104 Å². The molecule has 3 heteroatoms. The Morgan fingerprint density at radius 2 is 1.26 bits per heavy atom. The molecule has 3 atom stereocenters. The molecule has 2 aliphatic heterocycles. The van der Waals surface area contributed by atoms with Gasteiger partial charge in [-0.1, -0.05) is 98.8 Å². The average molecular weight is 411 g/mol. The van der Waals surface area contributed by atoms with E-state index in [1.165, 1.54) is 22.3 Å². The van der Waals surface area contributed by atoms with Crippen molar-refractivity contribution in [2.45, 2.75) is 44.8 Å². The van der Waals surface area contributed by atoms with Gasteiger partial charge in [-0.3, -0.25) is 0 Å². The van der Waals surface area contributed by atoms with Crippen LogP contribution in [0, 0.1) is 5.92 Å². The molecule has 0 N–H and O–H groups in total. The molecule has 0 radical (unpaired) electrons. The van der Waals surface area contributed by atoms with Gasteiger partial charge in [0.2, 0.25) is 0 Å². The second kappa shape index (κ2) is 8.58. The molecule has 0 saturated carbocycles. The van der Waals surface area contributed by atoms with Crippen LogP contribution in [0.4, 0.5) is 0 Å². The van der Waals surface area contributed by atoms with Gasteiger partial charge in [-0.25, -0.2) is 4.99 Å². The first-order valence-corrected chi connectivity index (χ1v) is 11.4. The Bertz CT molecular complexity index is 976. The van der Waals surface area contributed by atoms with E-state index in [-0.39, 0.29) is 18.1 Å². The van der Waals surface area contributed by atoms with Crippen LogP contribution in [0.5, 0.6) is 0 Å². The van der Waals surface area contributed by atoms with Gasteiger partial charge in [-0.2, -0.15) is 0 Å². The van der Waals surface area contributed by atoms with Gasteiger partial charge in [-0.15, -0.1) is 0 Å². The summed E-state index contributed by atoms with van der Waals surface area (Å²) in [7, 11) is 0. The van der Waals surface area contributed by atoms with Crippen molar-refractivity contribution in [3.8, 4) is 0 Å². The highest BCUT2D eigenvalue weighted by Gasteiger charge is 2.42. The van der Waals surface area contributed by atoms with Gasteiger partial charge in [0.15, 0.2) is 0 Å². The van der Waals surface area contributed by atoms with E-state index in [1.807, 2.05) is 0 Å². The van der Waals surface area contributed by atoms with Gasteiger partial charge in [0.05, 0.1) is 18.1 Å². The Labute approximate surface area is 185 Å². The molecule has 0 aliphatic carbocycles. The molecule has 5 rings (SSSR count). The van der Waals surface area contributed by atoms with Crippen molar-refractivity contribution < 1.29 is 4.74 Å². The molecule has 2 heterocycles. The summed E-state index contributed by atoms with van der Waals surface area (Å²) in [4.78, 5) is 7.52. The average Bonchev–Trinajstić information content (AvgIpc) is 3.40. The van der Waals surface area contributed by atoms with Crippen molar-refractivity contribution in [2.24, 2.45) is 10.9 Å². The van der Waals surface area contributed by atoms with Gasteiger partial charge in [0, 0.05) is 0 Å². The molecular formula is C28H30N2O. The lowest BCUT2D eigenvalue weighted by Gasteiger charge is -2.32. The van der Waals surface area contributed by atoms with Gasteiger partial charge < -0.3 is 9.64 Å². The zero-order valence-corrected chi connectivity index (χ0v) is 18.3. The normalized spacial score (nSPS) is 22.4. The van der Waals surface area contributed by atoms with Crippen LogP contribution in [0.15, 0.2) is 89.9 Å². The maximum Gasteiger partial charge on any atom is 0.288 e. The molecular weight excluding hydrogens is 380 g/mol. The number of benzene rings is 3. The minimum absolute atomic E-state index is 0.219. The molecule has 0 unspecified atom stereocenters. The summed E-state index contributed by atoms with van der Waals surface area (Å²) in [6, 6.07) is 31.9. The van der Waals surface area contributed by atoms with Crippen molar-refractivity contribution in [2.75, 3.05) is 6.61 Å². The minimum atomic E-state index is 0.219. The van der Waals surface area contributed by atoms with Crippen LogP contribution < -0.4 is 0 Å². The van der Waals surface area contributed by atoms with Gasteiger partial charge in [0.25, 0.3) is 6.02 Å². The number of aliphatic imine (C=N–C) groups is 1. The molecule has 0 bridgehead atoms. The third-order valence-electron chi connectivity index (χ3n) is 6.58. The highest BCUT2D eigenvalue weighted by Crippen LogP contribution is 2.46. The lowest BCUT2D eigenvalue weighted by atomic mass is 9.96. The van der Waals surface area contributed by atoms with Crippen molar-refractivity contribution in [1.29, 1.82) is 0 Å². The quantitative estimate of drug-likeness (QED) is 0.517. The van der Waals surface area contributed by atoms with Crippen molar-refractivity contribution in [3.63, 3.8) is 0 Å². The van der Waals surface area contributed by atoms with Crippen LogP contribution in [0.3, 0.4) is 0 Å². The second-order valence-electron chi connectivity index (χ2n) is 8.98. The van der Waals surface area contributed by atoms with E-state index in [4.69, 9.17) is 9.73 Å². The maximum absolute atomic E-state index is 6.25. The van der Waals surface area contributed by atoms with E-state index >= 15 is 0 Å². The molecule has 0 saturated heterocycles. The predicted octanol–water partition coefficient (Wildman–Crippen LogP) is 5.98. The Morgan fingerprint density at radius 1 is 0.774 bits per heavy atom. The number of amidine groups is 1. The smallest absolute Gasteiger partial charge is 0.288 e. The topological polar surface area (TPSA) is 24.8 Å². The van der Waals surface area contributed by atoms with E-state index < -0.39 is 0 Å². The van der Waals surface area contributed by atoms with Gasteiger partial charge >= 0.3 is 0 Å². The van der Waals surface area contributed by atoms with Gasteiger partial charge in [-0.05, 0) is 41.0 Å². The summed E-state index contributed by atoms with van der Waals surface area (Å²) in [5.74, 6) is 0.475. The summed E-state index contributed by atoms with van der Waals surface area (Å²) < 4.78 is 6.25. The molecule has 0 spiro atoms. The van der Waals surface area contributed by atoms with Crippen molar-refractivity contribution in [1.82, 2.24) is 4.90 Å². The van der Waals surface area contributed by atoms with Crippen LogP contribution in [-0.2, 0) is 17.6 Å². The number of hydrogen-bond acceptors (Lipinski definition) is 3. The molecule has 3 aromatic rings. The first kappa shape index (κ1) is 19.9. The summed E-state index contributed by atoms with van der Waals surface area (Å²) in [6.07, 6.45) is 1.88. The summed E-state index contributed by atoms with van der Waals surface area (Å²) in [5, 5.41) is 0. The fourth-order valence-electron chi connectivity index (χ4n) is 4.85. The molecule has 0 fully saturated rings. The standard InChI is InChI=1S/C28H30N2O/c1-20(2)25-19-31-28(29-25)30-26(17-21-11-5-3-6-12-21)23-15-9-10-16-24(23)27(30)18-22-13-7-4-8-14-22/h3-16,20,25-27H,17-19H2,1-2H3/t25-,26-,27+/m1/s1. The number of hydrogen-bond donors (Lipinski definition) is 0. The van der Waals surface area contributed by atoms with Crippen LogP contribution in [0.1, 0.15) is 48.2 Å². The zero-order valence-electron chi connectivity index (χ0n) is 18.3. The Kier molecular flexibility index (Phi) is 5.50. The predicted molar refractivity (Wildman–Crippen MR) is 126 cm³/mol. The molecule has 0 amide bonds.